The van der Waals surface area contributed by atoms with E-state index in [1.165, 1.54) is 36.7 Å². The number of nitrogens with one attached hydrogen (secondary N) is 1. The molecule has 0 bridgehead atoms. The molecule has 23 heavy (non-hydrogen) atoms. The minimum Gasteiger partial charge on any atom is -0.455 e. The quantitative estimate of drug-likeness (QED) is 0.491. The molecule has 1 aliphatic rings. The van der Waals surface area contributed by atoms with Crippen molar-refractivity contribution in [3.63, 3.8) is 0 Å². The summed E-state index contributed by atoms with van der Waals surface area (Å²) in [5.41, 5.74) is 0. The van der Waals surface area contributed by atoms with E-state index < -0.39 is 5.97 Å². The van der Waals surface area contributed by atoms with Crippen LogP contribution in [0.1, 0.15) is 38.5 Å². The molecule has 1 aromatic carbocycles. The number of amides is 1. The van der Waals surface area contributed by atoms with Gasteiger partial charge in [-0.3, -0.25) is 9.59 Å². The Bertz CT molecular complexity index is 513. The maximum absolute atomic E-state index is 12.8. The molecule has 0 aliphatic heterocycles. The number of thioether (sulfide) groups is 1. The van der Waals surface area contributed by atoms with Gasteiger partial charge in [-0.05, 0) is 37.1 Å². The number of benzene rings is 1. The number of halogens is 1. The summed E-state index contributed by atoms with van der Waals surface area (Å²) in [5.74, 6) is -0.901. The molecule has 0 radical (unpaired) electrons. The van der Waals surface area contributed by atoms with Gasteiger partial charge >= 0.3 is 5.97 Å². The summed E-state index contributed by atoms with van der Waals surface area (Å²) < 4.78 is 17.7. The summed E-state index contributed by atoms with van der Waals surface area (Å²) in [5, 5.41) is 2.93. The average Bonchev–Trinajstić information content (AvgIpc) is 2.81. The number of carbonyl (C=O) groups excluding carboxylic acids is 2. The fourth-order valence-electron chi connectivity index (χ4n) is 2.55. The van der Waals surface area contributed by atoms with E-state index in [9.17, 15) is 14.0 Å². The second-order valence-corrected chi connectivity index (χ2v) is 6.71. The van der Waals surface area contributed by atoms with Crippen LogP contribution < -0.4 is 5.32 Å². The van der Waals surface area contributed by atoms with Crippen LogP contribution in [-0.4, -0.2) is 30.3 Å². The van der Waals surface area contributed by atoms with Gasteiger partial charge in [-0.15, -0.1) is 11.8 Å². The highest BCUT2D eigenvalue weighted by Crippen LogP contribution is 2.18. The fourth-order valence-corrected chi connectivity index (χ4v) is 3.25. The smallest absolute Gasteiger partial charge is 0.316 e. The van der Waals surface area contributed by atoms with Crippen molar-refractivity contribution in [2.75, 3.05) is 12.4 Å². The minimum absolute atomic E-state index is 0.0995. The molecule has 0 unspecified atom stereocenters. The first-order chi connectivity index (χ1) is 11.1. The molecule has 1 aromatic rings. The predicted octanol–water partition coefficient (Wildman–Crippen LogP) is 3.30. The molecule has 0 spiro atoms. The van der Waals surface area contributed by atoms with Crippen molar-refractivity contribution in [1.82, 2.24) is 5.32 Å². The van der Waals surface area contributed by atoms with Crippen LogP contribution >= 0.6 is 11.8 Å². The summed E-state index contributed by atoms with van der Waals surface area (Å²) >= 11 is 1.25. The summed E-state index contributed by atoms with van der Waals surface area (Å²) in [6.07, 6.45) is 6.72. The lowest BCUT2D eigenvalue weighted by Crippen LogP contribution is -2.37. The summed E-state index contributed by atoms with van der Waals surface area (Å²) in [4.78, 5) is 24.2. The van der Waals surface area contributed by atoms with Crippen molar-refractivity contribution < 1.29 is 18.7 Å². The van der Waals surface area contributed by atoms with Gasteiger partial charge in [-0.2, -0.15) is 0 Å². The number of rotatable bonds is 6. The Labute approximate surface area is 140 Å². The van der Waals surface area contributed by atoms with Gasteiger partial charge < -0.3 is 10.1 Å². The SMILES string of the molecule is O=C(COC(=O)CSc1ccc(F)cc1)NC1CCCCCC1. The lowest BCUT2D eigenvalue weighted by atomic mass is 10.1. The Hall–Kier alpha value is -1.56. The van der Waals surface area contributed by atoms with Crippen molar-refractivity contribution in [2.45, 2.75) is 49.5 Å². The Morgan fingerprint density at radius 2 is 1.78 bits per heavy atom. The standard InChI is InChI=1S/C17H22FNO3S/c18-13-7-9-15(10-8-13)23-12-17(21)22-11-16(20)19-14-5-3-1-2-4-6-14/h7-10,14H,1-6,11-12H2,(H,19,20). The molecule has 0 heterocycles. The molecule has 1 aliphatic carbocycles. The molecule has 126 valence electrons. The maximum atomic E-state index is 12.8. The van der Waals surface area contributed by atoms with Gasteiger partial charge in [0.1, 0.15) is 5.82 Å². The first kappa shape index (κ1) is 17.8. The summed E-state index contributed by atoms with van der Waals surface area (Å²) in [7, 11) is 0. The number of hydrogen-bond acceptors (Lipinski definition) is 4. The van der Waals surface area contributed by atoms with E-state index in [4.69, 9.17) is 4.74 Å². The van der Waals surface area contributed by atoms with Crippen molar-refractivity contribution in [2.24, 2.45) is 0 Å². The van der Waals surface area contributed by atoms with E-state index in [0.29, 0.717) is 0 Å². The van der Waals surface area contributed by atoms with E-state index >= 15 is 0 Å². The molecular formula is C17H22FNO3S. The van der Waals surface area contributed by atoms with Gasteiger partial charge in [0.15, 0.2) is 6.61 Å². The van der Waals surface area contributed by atoms with Gasteiger partial charge in [-0.1, -0.05) is 25.7 Å². The van der Waals surface area contributed by atoms with Crippen LogP contribution in [0.3, 0.4) is 0 Å². The van der Waals surface area contributed by atoms with Gasteiger partial charge in [-0.25, -0.2) is 4.39 Å². The molecule has 0 atom stereocenters. The Balaban J connectivity index is 1.63. The van der Waals surface area contributed by atoms with Crippen LogP contribution in [0.4, 0.5) is 4.39 Å². The number of ether oxygens (including phenoxy) is 1. The highest BCUT2D eigenvalue weighted by Gasteiger charge is 2.15. The van der Waals surface area contributed by atoms with Crippen molar-refractivity contribution >= 4 is 23.6 Å². The van der Waals surface area contributed by atoms with Gasteiger partial charge in [0, 0.05) is 10.9 Å². The van der Waals surface area contributed by atoms with Gasteiger partial charge in [0.25, 0.3) is 5.91 Å². The van der Waals surface area contributed by atoms with Crippen molar-refractivity contribution in [1.29, 1.82) is 0 Å². The maximum Gasteiger partial charge on any atom is 0.316 e. The lowest BCUT2D eigenvalue weighted by molar-refractivity contribution is -0.146. The third-order valence-electron chi connectivity index (χ3n) is 3.75. The third kappa shape index (κ3) is 7.03. The van der Waals surface area contributed by atoms with E-state index in [1.807, 2.05) is 0 Å². The highest BCUT2D eigenvalue weighted by molar-refractivity contribution is 8.00. The van der Waals surface area contributed by atoms with Crippen LogP contribution in [0.15, 0.2) is 29.2 Å². The lowest BCUT2D eigenvalue weighted by Gasteiger charge is -2.16. The molecule has 4 nitrogen and oxygen atoms in total. The molecule has 1 N–H and O–H groups in total. The van der Waals surface area contributed by atoms with Gasteiger partial charge in [0.05, 0.1) is 5.75 Å². The Kier molecular flexibility index (Phi) is 7.39. The molecule has 0 aromatic heterocycles. The van der Waals surface area contributed by atoms with E-state index in [1.54, 1.807) is 12.1 Å². The second kappa shape index (κ2) is 9.55. The third-order valence-corrected chi connectivity index (χ3v) is 4.74. The Morgan fingerprint density at radius 3 is 2.43 bits per heavy atom. The topological polar surface area (TPSA) is 55.4 Å². The molecule has 6 heteroatoms. The van der Waals surface area contributed by atoms with Crippen LogP contribution in [-0.2, 0) is 14.3 Å². The monoisotopic (exact) mass is 339 g/mol. The fraction of sp³-hybridized carbons (Fsp3) is 0.529. The Morgan fingerprint density at radius 1 is 1.13 bits per heavy atom. The zero-order chi connectivity index (χ0) is 16.5. The molecule has 1 fully saturated rings. The molecule has 0 saturated heterocycles. The van der Waals surface area contributed by atoms with Crippen LogP contribution in [0.2, 0.25) is 0 Å². The summed E-state index contributed by atoms with van der Waals surface area (Å²) in [6, 6.07) is 6.09. The van der Waals surface area contributed by atoms with E-state index in [-0.39, 0.29) is 30.1 Å². The van der Waals surface area contributed by atoms with Crippen LogP contribution in [0.25, 0.3) is 0 Å². The second-order valence-electron chi connectivity index (χ2n) is 5.66. The van der Waals surface area contributed by atoms with Crippen molar-refractivity contribution in [3.8, 4) is 0 Å². The number of hydrogen-bond donors (Lipinski definition) is 1. The predicted molar refractivity (Wildman–Crippen MR) is 87.7 cm³/mol. The van der Waals surface area contributed by atoms with Crippen LogP contribution in [0.5, 0.6) is 0 Å². The average molecular weight is 339 g/mol. The number of carbonyl (C=O) groups is 2. The minimum atomic E-state index is -0.449. The molecular weight excluding hydrogens is 317 g/mol. The molecule has 1 saturated carbocycles. The normalized spacial score (nSPS) is 15.7. The largest absolute Gasteiger partial charge is 0.455 e. The van der Waals surface area contributed by atoms with Crippen molar-refractivity contribution in [3.05, 3.63) is 30.1 Å². The molecule has 1 amide bonds. The zero-order valence-corrected chi connectivity index (χ0v) is 13.9. The van der Waals surface area contributed by atoms with Gasteiger partial charge in [0.2, 0.25) is 0 Å². The first-order valence-corrected chi connectivity index (χ1v) is 8.95. The zero-order valence-electron chi connectivity index (χ0n) is 13.1. The summed E-state index contributed by atoms with van der Waals surface area (Å²) in [6.45, 7) is -0.237. The highest BCUT2D eigenvalue weighted by atomic mass is 32.2. The van der Waals surface area contributed by atoms with Crippen LogP contribution in [0, 0.1) is 5.82 Å². The number of esters is 1. The van der Waals surface area contributed by atoms with E-state index in [2.05, 4.69) is 5.32 Å². The molecule has 2 rings (SSSR count). The van der Waals surface area contributed by atoms with E-state index in [0.717, 1.165) is 30.6 Å². The first-order valence-electron chi connectivity index (χ1n) is 7.97.